The van der Waals surface area contributed by atoms with Gasteiger partial charge in [-0.15, -0.1) is 0 Å². The van der Waals surface area contributed by atoms with Crippen LogP contribution in [0, 0.1) is 0 Å². The van der Waals surface area contributed by atoms with Crippen molar-refractivity contribution in [2.75, 3.05) is 10.6 Å². The first kappa shape index (κ1) is 16.8. The summed E-state index contributed by atoms with van der Waals surface area (Å²) >= 11 is 11.9. The van der Waals surface area contributed by atoms with E-state index in [1.165, 1.54) is 0 Å². The molecule has 0 aliphatic carbocycles. The molecule has 118 valence electrons. The smallest absolute Gasteiger partial charge is 0.253 e. The number of halogens is 2. The third kappa shape index (κ3) is 3.45. The molecule has 0 fully saturated rings. The highest BCUT2D eigenvalue weighted by molar-refractivity contribution is 6.35. The number of hydrogen-bond donors (Lipinski definition) is 2. The summed E-state index contributed by atoms with van der Waals surface area (Å²) in [5.74, 6) is 0. The highest BCUT2D eigenvalue weighted by Crippen LogP contribution is 2.23. The van der Waals surface area contributed by atoms with E-state index in [9.17, 15) is 9.59 Å². The third-order valence-corrected chi connectivity index (χ3v) is 4.30. The van der Waals surface area contributed by atoms with E-state index < -0.39 is 10.9 Å². The minimum Gasteiger partial charge on any atom is -0.377 e. The van der Waals surface area contributed by atoms with E-state index in [1.54, 1.807) is 18.2 Å². The molecule has 0 unspecified atom stereocenters. The fourth-order valence-corrected chi connectivity index (χ4v) is 2.72. The topological polar surface area (TPSA) is 58.2 Å². The lowest BCUT2D eigenvalue weighted by atomic mass is 10.1. The van der Waals surface area contributed by atoms with Crippen molar-refractivity contribution in [3.05, 3.63) is 54.3 Å². The Morgan fingerprint density at radius 1 is 1.05 bits per heavy atom. The standard InChI is InChI=1S/C16H18Cl2N2O2/c1-3-11(4-2)20-14-13(15(21)16(14)22)19-8-9-5-6-10(17)7-12(9)18/h5-7,11,19-20H,3-4,8H2,1-2H3. The van der Waals surface area contributed by atoms with Crippen LogP contribution in [0.2, 0.25) is 10.0 Å². The molecular formula is C16H18Cl2N2O2. The van der Waals surface area contributed by atoms with Gasteiger partial charge in [0, 0.05) is 22.6 Å². The van der Waals surface area contributed by atoms with E-state index in [2.05, 4.69) is 10.6 Å². The molecule has 0 spiro atoms. The maximum absolute atomic E-state index is 11.7. The molecule has 0 radical (unpaired) electrons. The zero-order valence-electron chi connectivity index (χ0n) is 12.5. The number of benzene rings is 1. The van der Waals surface area contributed by atoms with Crippen LogP contribution in [0.15, 0.2) is 27.8 Å². The lowest BCUT2D eigenvalue weighted by Crippen LogP contribution is -2.39. The predicted octanol–water partition coefficient (Wildman–Crippen LogP) is 3.80. The van der Waals surface area contributed by atoms with Crippen LogP contribution in [0.4, 0.5) is 11.4 Å². The van der Waals surface area contributed by atoms with Crippen molar-refractivity contribution >= 4 is 34.6 Å². The number of rotatable bonds is 7. The fourth-order valence-electron chi connectivity index (χ4n) is 2.24. The molecule has 2 aromatic rings. The normalized spacial score (nSPS) is 11.1. The molecule has 6 heteroatoms. The van der Waals surface area contributed by atoms with Crippen molar-refractivity contribution < 1.29 is 0 Å². The van der Waals surface area contributed by atoms with E-state index >= 15 is 0 Å². The van der Waals surface area contributed by atoms with Crippen LogP contribution in [0.5, 0.6) is 0 Å². The SMILES string of the molecule is CCC(CC)Nc1c(NCc2ccc(Cl)cc2Cl)c(=O)c1=O. The van der Waals surface area contributed by atoms with Gasteiger partial charge in [0.2, 0.25) is 0 Å². The van der Waals surface area contributed by atoms with E-state index in [4.69, 9.17) is 23.2 Å². The van der Waals surface area contributed by atoms with Gasteiger partial charge in [-0.25, -0.2) is 0 Å². The van der Waals surface area contributed by atoms with E-state index in [0.717, 1.165) is 18.4 Å². The van der Waals surface area contributed by atoms with Gasteiger partial charge in [-0.3, -0.25) is 9.59 Å². The van der Waals surface area contributed by atoms with Gasteiger partial charge in [0.25, 0.3) is 10.9 Å². The maximum Gasteiger partial charge on any atom is 0.253 e. The molecule has 2 aromatic carbocycles. The summed E-state index contributed by atoms with van der Waals surface area (Å²) < 4.78 is 0. The molecule has 0 saturated heterocycles. The van der Waals surface area contributed by atoms with Gasteiger partial charge in [0.05, 0.1) is 0 Å². The quantitative estimate of drug-likeness (QED) is 0.752. The fraction of sp³-hybridized carbons (Fsp3) is 0.375. The second-order valence-electron chi connectivity index (χ2n) is 5.16. The van der Waals surface area contributed by atoms with Crippen LogP contribution in [0.3, 0.4) is 0 Å². The van der Waals surface area contributed by atoms with Gasteiger partial charge in [0.1, 0.15) is 11.4 Å². The molecule has 2 N–H and O–H groups in total. The van der Waals surface area contributed by atoms with Crippen LogP contribution in [0.25, 0.3) is 0 Å². The van der Waals surface area contributed by atoms with Crippen LogP contribution in [-0.2, 0) is 6.54 Å². The molecule has 4 nitrogen and oxygen atoms in total. The van der Waals surface area contributed by atoms with Crippen molar-refractivity contribution in [2.24, 2.45) is 0 Å². The Balaban J connectivity index is 2.12. The van der Waals surface area contributed by atoms with Crippen molar-refractivity contribution in [2.45, 2.75) is 39.3 Å². The minimum absolute atomic E-state index is 0.183. The van der Waals surface area contributed by atoms with Crippen molar-refractivity contribution in [3.8, 4) is 0 Å². The van der Waals surface area contributed by atoms with Crippen molar-refractivity contribution in [3.63, 3.8) is 0 Å². The average Bonchev–Trinajstić information content (AvgIpc) is 2.51. The molecule has 0 bridgehead atoms. The molecule has 0 heterocycles. The molecule has 0 atom stereocenters. The first-order chi connectivity index (χ1) is 10.5. The molecule has 0 amide bonds. The first-order valence-electron chi connectivity index (χ1n) is 7.25. The Kier molecular flexibility index (Phi) is 5.48. The van der Waals surface area contributed by atoms with Crippen LogP contribution in [-0.4, -0.2) is 6.04 Å². The lowest BCUT2D eigenvalue weighted by molar-refractivity contribution is 0.670. The highest BCUT2D eigenvalue weighted by atomic mass is 35.5. The summed E-state index contributed by atoms with van der Waals surface area (Å²) in [6, 6.07) is 5.35. The van der Waals surface area contributed by atoms with Crippen molar-refractivity contribution in [1.29, 1.82) is 0 Å². The minimum atomic E-state index is -0.487. The average molecular weight is 341 g/mol. The van der Waals surface area contributed by atoms with Crippen LogP contribution < -0.4 is 21.5 Å². The maximum atomic E-state index is 11.7. The number of anilines is 2. The van der Waals surface area contributed by atoms with Gasteiger partial charge < -0.3 is 10.6 Å². The van der Waals surface area contributed by atoms with Crippen LogP contribution >= 0.6 is 23.2 Å². The zero-order chi connectivity index (χ0) is 16.3. The van der Waals surface area contributed by atoms with Crippen molar-refractivity contribution in [1.82, 2.24) is 0 Å². The summed E-state index contributed by atoms with van der Waals surface area (Å²) in [4.78, 5) is 23.4. The number of hydrogen-bond acceptors (Lipinski definition) is 4. The van der Waals surface area contributed by atoms with Gasteiger partial charge >= 0.3 is 0 Å². The summed E-state index contributed by atoms with van der Waals surface area (Å²) in [6.45, 7) is 4.43. The predicted molar refractivity (Wildman–Crippen MR) is 93.1 cm³/mol. The zero-order valence-corrected chi connectivity index (χ0v) is 14.0. The van der Waals surface area contributed by atoms with Gasteiger partial charge in [0.15, 0.2) is 0 Å². The molecule has 2 rings (SSSR count). The summed E-state index contributed by atoms with van der Waals surface area (Å²) in [6.07, 6.45) is 1.77. The monoisotopic (exact) mass is 340 g/mol. The second kappa shape index (κ2) is 7.16. The number of nitrogens with one attached hydrogen (secondary N) is 2. The Bertz CT molecular complexity index is 732. The molecule has 0 aliphatic rings. The van der Waals surface area contributed by atoms with E-state index in [-0.39, 0.29) is 6.04 Å². The third-order valence-electron chi connectivity index (χ3n) is 3.72. The molecule has 0 aromatic heterocycles. The second-order valence-corrected chi connectivity index (χ2v) is 6.00. The Hall–Kier alpha value is -1.52. The van der Waals surface area contributed by atoms with Gasteiger partial charge in [-0.05, 0) is 30.5 Å². The largest absolute Gasteiger partial charge is 0.377 e. The summed E-state index contributed by atoms with van der Waals surface area (Å²) in [7, 11) is 0. The van der Waals surface area contributed by atoms with Crippen LogP contribution in [0.1, 0.15) is 32.3 Å². The lowest BCUT2D eigenvalue weighted by Gasteiger charge is -2.20. The molecule has 0 aliphatic heterocycles. The van der Waals surface area contributed by atoms with Gasteiger partial charge in [-0.1, -0.05) is 43.1 Å². The Morgan fingerprint density at radius 2 is 1.68 bits per heavy atom. The summed E-state index contributed by atoms with van der Waals surface area (Å²) in [5.41, 5.74) is 0.578. The first-order valence-corrected chi connectivity index (χ1v) is 8.01. The summed E-state index contributed by atoms with van der Waals surface area (Å²) in [5, 5.41) is 7.21. The Morgan fingerprint density at radius 3 is 2.27 bits per heavy atom. The molecule has 22 heavy (non-hydrogen) atoms. The molecule has 0 saturated carbocycles. The van der Waals surface area contributed by atoms with E-state index in [1.807, 2.05) is 13.8 Å². The highest BCUT2D eigenvalue weighted by Gasteiger charge is 2.22. The van der Waals surface area contributed by atoms with Gasteiger partial charge in [-0.2, -0.15) is 0 Å². The van der Waals surface area contributed by atoms with E-state index in [0.29, 0.717) is 28.0 Å². The Labute approximate surface area is 139 Å². The molecular weight excluding hydrogens is 323 g/mol.